The van der Waals surface area contributed by atoms with Crippen LogP contribution < -0.4 is 11.5 Å². The molecule has 0 fully saturated rings. The third-order valence-corrected chi connectivity index (χ3v) is 2.04. The Labute approximate surface area is 76.7 Å². The number of anilines is 1. The van der Waals surface area contributed by atoms with Gasteiger partial charge in [0, 0.05) is 11.6 Å². The maximum absolute atomic E-state index is 5.82. The molecule has 0 aromatic carbocycles. The van der Waals surface area contributed by atoms with E-state index >= 15 is 0 Å². The smallest absolute Gasteiger partial charge is 0.133 e. The summed E-state index contributed by atoms with van der Waals surface area (Å²) in [6.07, 6.45) is 2.35. The predicted molar refractivity (Wildman–Crippen MR) is 50.9 cm³/mol. The van der Waals surface area contributed by atoms with Crippen LogP contribution in [-0.2, 0) is 0 Å². The van der Waals surface area contributed by atoms with Crippen molar-refractivity contribution in [1.82, 2.24) is 4.98 Å². The van der Waals surface area contributed by atoms with Crippen LogP contribution in [0.2, 0.25) is 5.15 Å². The summed E-state index contributed by atoms with van der Waals surface area (Å²) in [5, 5.41) is 0.443. The summed E-state index contributed by atoms with van der Waals surface area (Å²) < 4.78 is 0. The highest BCUT2D eigenvalue weighted by Gasteiger charge is 2.08. The van der Waals surface area contributed by atoms with Gasteiger partial charge in [0.15, 0.2) is 0 Å². The maximum atomic E-state index is 5.82. The Morgan fingerprint density at radius 2 is 2.33 bits per heavy atom. The van der Waals surface area contributed by atoms with Gasteiger partial charge in [-0.3, -0.25) is 0 Å². The first kappa shape index (κ1) is 9.29. The molecule has 1 atom stereocenters. The lowest BCUT2D eigenvalue weighted by Gasteiger charge is -2.10. The van der Waals surface area contributed by atoms with Crippen molar-refractivity contribution in [1.29, 1.82) is 0 Å². The van der Waals surface area contributed by atoms with E-state index in [1.165, 1.54) is 6.20 Å². The third kappa shape index (κ3) is 1.87. The second-order valence-electron chi connectivity index (χ2n) is 2.66. The van der Waals surface area contributed by atoms with Gasteiger partial charge in [-0.15, -0.1) is 0 Å². The Morgan fingerprint density at radius 3 is 2.92 bits per heavy atom. The Hall–Kier alpha value is -0.800. The first-order valence-corrected chi connectivity index (χ1v) is 4.19. The fourth-order valence-corrected chi connectivity index (χ4v) is 1.21. The van der Waals surface area contributed by atoms with Crippen LogP contribution in [0.25, 0.3) is 0 Å². The molecule has 12 heavy (non-hydrogen) atoms. The van der Waals surface area contributed by atoms with Crippen molar-refractivity contribution in [3.05, 3.63) is 23.0 Å². The molecular formula is C8H12ClN3. The van der Waals surface area contributed by atoms with Crippen LogP contribution in [0, 0.1) is 0 Å². The van der Waals surface area contributed by atoms with Crippen LogP contribution in [-0.4, -0.2) is 4.98 Å². The van der Waals surface area contributed by atoms with Crippen LogP contribution in [0.15, 0.2) is 12.3 Å². The molecule has 0 saturated heterocycles. The van der Waals surface area contributed by atoms with E-state index in [2.05, 4.69) is 4.98 Å². The zero-order chi connectivity index (χ0) is 9.14. The number of aromatic nitrogens is 1. The average Bonchev–Trinajstić information content (AvgIpc) is 2.08. The zero-order valence-corrected chi connectivity index (χ0v) is 7.67. The maximum Gasteiger partial charge on any atom is 0.133 e. The molecule has 0 aliphatic rings. The largest absolute Gasteiger partial charge is 0.397 e. The summed E-state index contributed by atoms with van der Waals surface area (Å²) in [5.41, 5.74) is 12.7. The molecule has 0 saturated carbocycles. The molecule has 0 spiro atoms. The van der Waals surface area contributed by atoms with Crippen LogP contribution >= 0.6 is 11.6 Å². The molecule has 0 aliphatic carbocycles. The minimum Gasteiger partial charge on any atom is -0.397 e. The van der Waals surface area contributed by atoms with Gasteiger partial charge in [-0.2, -0.15) is 0 Å². The lowest BCUT2D eigenvalue weighted by molar-refractivity contribution is 0.696. The number of hydrogen-bond donors (Lipinski definition) is 2. The van der Waals surface area contributed by atoms with Gasteiger partial charge >= 0.3 is 0 Å². The number of nitrogens with zero attached hydrogens (tertiary/aromatic N) is 1. The standard InChI is InChI=1S/C8H12ClN3/c1-2-7(11)6-3-5(10)4-12-8(6)9/h3-4,7H,2,10-11H2,1H3. The molecule has 4 heteroatoms. The van der Waals surface area contributed by atoms with Gasteiger partial charge in [0.1, 0.15) is 5.15 Å². The second kappa shape index (κ2) is 3.74. The molecule has 1 rings (SSSR count). The summed E-state index contributed by atoms with van der Waals surface area (Å²) in [7, 11) is 0. The summed E-state index contributed by atoms with van der Waals surface area (Å²) >= 11 is 5.82. The lowest BCUT2D eigenvalue weighted by Crippen LogP contribution is -2.10. The topological polar surface area (TPSA) is 64.9 Å². The van der Waals surface area contributed by atoms with Gasteiger partial charge in [-0.1, -0.05) is 18.5 Å². The van der Waals surface area contributed by atoms with Crippen molar-refractivity contribution in [2.45, 2.75) is 19.4 Å². The molecule has 1 unspecified atom stereocenters. The number of pyridine rings is 1. The number of rotatable bonds is 2. The summed E-state index contributed by atoms with van der Waals surface area (Å²) in [6, 6.07) is 1.69. The second-order valence-corrected chi connectivity index (χ2v) is 3.02. The fourth-order valence-electron chi connectivity index (χ4n) is 0.962. The van der Waals surface area contributed by atoms with E-state index in [9.17, 15) is 0 Å². The lowest BCUT2D eigenvalue weighted by atomic mass is 10.1. The molecule has 0 bridgehead atoms. The highest BCUT2D eigenvalue weighted by atomic mass is 35.5. The summed E-state index contributed by atoms with van der Waals surface area (Å²) in [6.45, 7) is 1.99. The predicted octanol–water partition coefficient (Wildman–Crippen LogP) is 1.73. The number of hydrogen-bond acceptors (Lipinski definition) is 3. The van der Waals surface area contributed by atoms with Gasteiger partial charge < -0.3 is 11.5 Å². The van der Waals surface area contributed by atoms with Crippen LogP contribution in [0.5, 0.6) is 0 Å². The zero-order valence-electron chi connectivity index (χ0n) is 6.92. The first-order valence-electron chi connectivity index (χ1n) is 3.81. The van der Waals surface area contributed by atoms with E-state index in [-0.39, 0.29) is 6.04 Å². The number of halogens is 1. The van der Waals surface area contributed by atoms with E-state index in [0.717, 1.165) is 12.0 Å². The molecule has 1 aromatic heterocycles. The van der Waals surface area contributed by atoms with Gasteiger partial charge in [0.25, 0.3) is 0 Å². The third-order valence-electron chi connectivity index (χ3n) is 1.73. The summed E-state index contributed by atoms with van der Waals surface area (Å²) in [5.74, 6) is 0. The minimum absolute atomic E-state index is 0.0755. The monoisotopic (exact) mass is 185 g/mol. The number of nitrogen functional groups attached to an aromatic ring is 1. The van der Waals surface area contributed by atoms with Crippen LogP contribution in [0.1, 0.15) is 24.9 Å². The highest BCUT2D eigenvalue weighted by molar-refractivity contribution is 6.30. The van der Waals surface area contributed by atoms with Crippen molar-refractivity contribution >= 4 is 17.3 Å². The van der Waals surface area contributed by atoms with E-state index < -0.39 is 0 Å². The van der Waals surface area contributed by atoms with E-state index in [0.29, 0.717) is 10.8 Å². The van der Waals surface area contributed by atoms with Crippen molar-refractivity contribution < 1.29 is 0 Å². The summed E-state index contributed by atoms with van der Waals surface area (Å²) in [4.78, 5) is 3.91. The molecule has 66 valence electrons. The van der Waals surface area contributed by atoms with Crippen LogP contribution in [0.3, 0.4) is 0 Å². The van der Waals surface area contributed by atoms with E-state index in [4.69, 9.17) is 23.1 Å². The molecule has 1 heterocycles. The molecule has 0 amide bonds. The van der Waals surface area contributed by atoms with Gasteiger partial charge in [0.05, 0.1) is 11.9 Å². The molecule has 4 N–H and O–H groups in total. The Balaban J connectivity index is 3.04. The minimum atomic E-state index is -0.0755. The molecule has 0 radical (unpaired) electrons. The molecule has 1 aromatic rings. The highest BCUT2D eigenvalue weighted by Crippen LogP contribution is 2.22. The van der Waals surface area contributed by atoms with Crippen molar-refractivity contribution in [3.63, 3.8) is 0 Å². The van der Waals surface area contributed by atoms with Crippen molar-refractivity contribution in [2.75, 3.05) is 5.73 Å². The quantitative estimate of drug-likeness (QED) is 0.690. The van der Waals surface area contributed by atoms with Gasteiger partial charge in [0.2, 0.25) is 0 Å². The Morgan fingerprint density at radius 1 is 1.67 bits per heavy atom. The Bertz CT molecular complexity index is 275. The number of nitrogens with two attached hydrogens (primary N) is 2. The Kier molecular flexibility index (Phi) is 2.89. The van der Waals surface area contributed by atoms with E-state index in [1.54, 1.807) is 6.07 Å². The SMILES string of the molecule is CCC(N)c1cc(N)cnc1Cl. The van der Waals surface area contributed by atoms with Crippen molar-refractivity contribution in [2.24, 2.45) is 5.73 Å². The van der Waals surface area contributed by atoms with Gasteiger partial charge in [-0.25, -0.2) is 4.98 Å². The molecular weight excluding hydrogens is 174 g/mol. The molecule has 0 aliphatic heterocycles. The fraction of sp³-hybridized carbons (Fsp3) is 0.375. The van der Waals surface area contributed by atoms with Crippen molar-refractivity contribution in [3.8, 4) is 0 Å². The van der Waals surface area contributed by atoms with E-state index in [1.807, 2.05) is 6.92 Å². The normalized spacial score (nSPS) is 12.9. The average molecular weight is 186 g/mol. The molecule has 3 nitrogen and oxygen atoms in total. The first-order chi connectivity index (χ1) is 5.65. The van der Waals surface area contributed by atoms with Crippen LogP contribution in [0.4, 0.5) is 5.69 Å². The van der Waals surface area contributed by atoms with Gasteiger partial charge in [-0.05, 0) is 12.5 Å².